The summed E-state index contributed by atoms with van der Waals surface area (Å²) >= 11 is 0. The number of piperidine rings is 1. The van der Waals surface area contributed by atoms with Crippen molar-refractivity contribution >= 4 is 11.9 Å². The van der Waals surface area contributed by atoms with Gasteiger partial charge >= 0.3 is 5.97 Å². The van der Waals surface area contributed by atoms with Gasteiger partial charge in [-0.05, 0) is 18.8 Å². The fourth-order valence-corrected chi connectivity index (χ4v) is 2.49. The number of likely N-dealkylation sites (tertiary alicyclic amines) is 1. The van der Waals surface area contributed by atoms with Crippen LogP contribution in [0.15, 0.2) is 0 Å². The van der Waals surface area contributed by atoms with E-state index in [2.05, 4.69) is 5.32 Å². The number of carbonyl (C=O) groups is 2. The molecule has 19 heavy (non-hydrogen) atoms. The van der Waals surface area contributed by atoms with Crippen molar-refractivity contribution in [3.63, 3.8) is 0 Å². The predicted octanol–water partition coefficient (Wildman–Crippen LogP) is -0.0839. The Bertz CT molecular complexity index is 320. The summed E-state index contributed by atoms with van der Waals surface area (Å²) in [6, 6.07) is -0.0282. The highest BCUT2D eigenvalue weighted by Gasteiger charge is 2.29. The van der Waals surface area contributed by atoms with Crippen LogP contribution in [-0.4, -0.2) is 59.3 Å². The highest BCUT2D eigenvalue weighted by molar-refractivity contribution is 5.78. The van der Waals surface area contributed by atoms with Crippen LogP contribution in [0.25, 0.3) is 0 Å². The maximum absolute atomic E-state index is 11.7. The van der Waals surface area contributed by atoms with Crippen molar-refractivity contribution in [3.8, 4) is 0 Å². The molecule has 1 amide bonds. The summed E-state index contributed by atoms with van der Waals surface area (Å²) in [6.45, 7) is 4.97. The molecule has 0 aliphatic carbocycles. The molecular formula is C13H24N2O4. The fourth-order valence-electron chi connectivity index (χ4n) is 2.49. The number of aliphatic hydroxyl groups excluding tert-OH is 1. The normalized spacial score (nSPS) is 24.4. The van der Waals surface area contributed by atoms with Gasteiger partial charge in [0.05, 0.1) is 6.54 Å². The molecule has 1 heterocycles. The average Bonchev–Trinajstić information content (AvgIpc) is 2.27. The first-order chi connectivity index (χ1) is 8.92. The first-order valence-electron chi connectivity index (χ1n) is 6.77. The lowest BCUT2D eigenvalue weighted by Crippen LogP contribution is -2.52. The second-order valence-electron chi connectivity index (χ2n) is 5.56. The zero-order chi connectivity index (χ0) is 14.4. The maximum atomic E-state index is 11.7. The zero-order valence-electron chi connectivity index (χ0n) is 11.6. The van der Waals surface area contributed by atoms with Crippen LogP contribution in [0.5, 0.6) is 0 Å². The number of carbonyl (C=O) groups excluding carboxylic acids is 1. The Kier molecular flexibility index (Phi) is 6.24. The predicted molar refractivity (Wildman–Crippen MR) is 70.7 cm³/mol. The lowest BCUT2D eigenvalue weighted by atomic mass is 9.91. The van der Waals surface area contributed by atoms with Crippen LogP contribution in [0.1, 0.15) is 26.7 Å². The van der Waals surface area contributed by atoms with Crippen molar-refractivity contribution in [2.24, 2.45) is 11.8 Å². The molecule has 2 unspecified atom stereocenters. The summed E-state index contributed by atoms with van der Waals surface area (Å²) in [7, 11) is 0. The van der Waals surface area contributed by atoms with Crippen LogP contribution in [-0.2, 0) is 9.59 Å². The van der Waals surface area contributed by atoms with Gasteiger partial charge in [-0.3, -0.25) is 14.5 Å². The van der Waals surface area contributed by atoms with E-state index in [0.29, 0.717) is 19.5 Å². The molecule has 3 N–H and O–H groups in total. The van der Waals surface area contributed by atoms with E-state index in [-0.39, 0.29) is 36.9 Å². The molecular weight excluding hydrogens is 248 g/mol. The molecule has 6 heteroatoms. The van der Waals surface area contributed by atoms with Crippen molar-refractivity contribution in [2.75, 3.05) is 26.2 Å². The molecule has 0 aromatic rings. The number of nitrogens with zero attached hydrogens (tertiary/aromatic N) is 1. The van der Waals surface area contributed by atoms with Crippen LogP contribution >= 0.6 is 0 Å². The van der Waals surface area contributed by atoms with Crippen LogP contribution in [0.4, 0.5) is 0 Å². The summed E-state index contributed by atoms with van der Waals surface area (Å²) < 4.78 is 0. The maximum Gasteiger partial charge on any atom is 0.317 e. The number of hydrogen-bond donors (Lipinski definition) is 3. The van der Waals surface area contributed by atoms with E-state index in [4.69, 9.17) is 10.2 Å². The minimum absolute atomic E-state index is 0.00933. The number of amides is 1. The number of rotatable bonds is 6. The van der Waals surface area contributed by atoms with E-state index in [1.807, 2.05) is 18.7 Å². The van der Waals surface area contributed by atoms with Crippen molar-refractivity contribution in [1.82, 2.24) is 10.2 Å². The van der Waals surface area contributed by atoms with Gasteiger partial charge < -0.3 is 15.5 Å². The summed E-state index contributed by atoms with van der Waals surface area (Å²) in [5, 5.41) is 20.8. The standard InChI is InChI=1S/C13H24N2O4/c1-9(2)13(19)14-11-5-10(3-4-16)6-15(7-11)8-12(17)18/h9-11,16H,3-8H2,1-2H3,(H,14,19)(H,17,18). The monoisotopic (exact) mass is 272 g/mol. The Labute approximate surface area is 113 Å². The van der Waals surface area contributed by atoms with E-state index in [1.165, 1.54) is 0 Å². The van der Waals surface area contributed by atoms with Crippen LogP contribution in [0.3, 0.4) is 0 Å². The number of carboxylic acid groups (broad SMARTS) is 1. The van der Waals surface area contributed by atoms with Gasteiger partial charge in [-0.1, -0.05) is 13.8 Å². The quantitative estimate of drug-likeness (QED) is 0.629. The Morgan fingerprint density at radius 1 is 1.37 bits per heavy atom. The second kappa shape index (κ2) is 7.45. The first kappa shape index (κ1) is 15.9. The van der Waals surface area contributed by atoms with E-state index in [9.17, 15) is 9.59 Å². The molecule has 110 valence electrons. The molecule has 0 saturated carbocycles. The molecule has 1 fully saturated rings. The summed E-state index contributed by atoms with van der Waals surface area (Å²) in [5.74, 6) is -0.717. The van der Waals surface area contributed by atoms with E-state index in [1.54, 1.807) is 0 Å². The summed E-state index contributed by atoms with van der Waals surface area (Å²) in [5.41, 5.74) is 0. The van der Waals surface area contributed by atoms with Crippen molar-refractivity contribution in [3.05, 3.63) is 0 Å². The minimum atomic E-state index is -0.862. The van der Waals surface area contributed by atoms with Gasteiger partial charge in [0.15, 0.2) is 0 Å². The zero-order valence-corrected chi connectivity index (χ0v) is 11.6. The molecule has 1 saturated heterocycles. The Morgan fingerprint density at radius 3 is 2.58 bits per heavy atom. The molecule has 6 nitrogen and oxygen atoms in total. The number of aliphatic hydroxyl groups is 1. The molecule has 1 aliphatic heterocycles. The fraction of sp³-hybridized carbons (Fsp3) is 0.846. The molecule has 0 aromatic carbocycles. The Morgan fingerprint density at radius 2 is 2.05 bits per heavy atom. The van der Waals surface area contributed by atoms with E-state index in [0.717, 1.165) is 6.42 Å². The highest BCUT2D eigenvalue weighted by atomic mass is 16.4. The lowest BCUT2D eigenvalue weighted by Gasteiger charge is -2.37. The molecule has 0 spiro atoms. The molecule has 1 aliphatic rings. The second-order valence-corrected chi connectivity index (χ2v) is 5.56. The van der Waals surface area contributed by atoms with Gasteiger partial charge in [0.2, 0.25) is 5.91 Å². The highest BCUT2D eigenvalue weighted by Crippen LogP contribution is 2.20. The molecule has 2 atom stereocenters. The topological polar surface area (TPSA) is 89.9 Å². The van der Waals surface area contributed by atoms with Crippen LogP contribution in [0.2, 0.25) is 0 Å². The molecule has 0 aromatic heterocycles. The first-order valence-corrected chi connectivity index (χ1v) is 6.77. The number of nitrogens with one attached hydrogen (secondary N) is 1. The van der Waals surface area contributed by atoms with Crippen LogP contribution in [0, 0.1) is 11.8 Å². The number of carboxylic acids is 1. The van der Waals surface area contributed by atoms with E-state index < -0.39 is 5.97 Å². The van der Waals surface area contributed by atoms with Gasteiger partial charge in [0.1, 0.15) is 0 Å². The Balaban J connectivity index is 2.59. The summed E-state index contributed by atoms with van der Waals surface area (Å²) in [6.07, 6.45) is 1.44. The van der Waals surface area contributed by atoms with Gasteiger partial charge in [0.25, 0.3) is 0 Å². The lowest BCUT2D eigenvalue weighted by molar-refractivity contribution is -0.138. The van der Waals surface area contributed by atoms with Crippen molar-refractivity contribution in [2.45, 2.75) is 32.7 Å². The SMILES string of the molecule is CC(C)C(=O)NC1CC(CCO)CN(CC(=O)O)C1. The van der Waals surface area contributed by atoms with Gasteiger partial charge in [-0.2, -0.15) is 0 Å². The Hall–Kier alpha value is -1.14. The smallest absolute Gasteiger partial charge is 0.317 e. The number of hydrogen-bond acceptors (Lipinski definition) is 4. The van der Waals surface area contributed by atoms with Gasteiger partial charge in [-0.25, -0.2) is 0 Å². The third kappa shape index (κ3) is 5.57. The van der Waals surface area contributed by atoms with Crippen molar-refractivity contribution in [1.29, 1.82) is 0 Å². The van der Waals surface area contributed by atoms with Gasteiger partial charge in [0, 0.05) is 31.7 Å². The van der Waals surface area contributed by atoms with Gasteiger partial charge in [-0.15, -0.1) is 0 Å². The molecule has 1 rings (SSSR count). The van der Waals surface area contributed by atoms with Crippen molar-refractivity contribution < 1.29 is 19.8 Å². The largest absolute Gasteiger partial charge is 0.480 e. The number of aliphatic carboxylic acids is 1. The third-order valence-corrected chi connectivity index (χ3v) is 3.38. The summed E-state index contributed by atoms with van der Waals surface area (Å²) in [4.78, 5) is 24.3. The molecule has 0 radical (unpaired) electrons. The van der Waals surface area contributed by atoms with E-state index >= 15 is 0 Å². The average molecular weight is 272 g/mol. The van der Waals surface area contributed by atoms with Crippen LogP contribution < -0.4 is 5.32 Å². The third-order valence-electron chi connectivity index (χ3n) is 3.38. The minimum Gasteiger partial charge on any atom is -0.480 e. The molecule has 0 bridgehead atoms.